The first-order chi connectivity index (χ1) is 10.2. The lowest BCUT2D eigenvalue weighted by Crippen LogP contribution is -2.20. The highest BCUT2D eigenvalue weighted by Gasteiger charge is 2.15. The van der Waals surface area contributed by atoms with Crippen molar-refractivity contribution in [3.05, 3.63) is 65.5 Å². The van der Waals surface area contributed by atoms with Crippen molar-refractivity contribution < 1.29 is 9.13 Å². The van der Waals surface area contributed by atoms with Gasteiger partial charge in [0.15, 0.2) is 0 Å². The van der Waals surface area contributed by atoms with Crippen LogP contribution in [0.3, 0.4) is 0 Å². The minimum Gasteiger partial charge on any atom is -0.493 e. The average Bonchev–Trinajstić information content (AvgIpc) is 2.53. The van der Waals surface area contributed by atoms with Gasteiger partial charge in [0, 0.05) is 11.6 Å². The smallest absolute Gasteiger partial charge is 0.124 e. The molecule has 0 amide bonds. The maximum Gasteiger partial charge on any atom is 0.124 e. The Labute approximate surface area is 126 Å². The lowest BCUT2D eigenvalue weighted by molar-refractivity contribution is 0.310. The Morgan fingerprint density at radius 2 is 1.81 bits per heavy atom. The van der Waals surface area contributed by atoms with Crippen molar-refractivity contribution in [1.82, 2.24) is 5.32 Å². The van der Waals surface area contributed by atoms with Gasteiger partial charge in [0.25, 0.3) is 0 Å². The lowest BCUT2D eigenvalue weighted by atomic mass is 9.98. The second-order valence-corrected chi connectivity index (χ2v) is 5.06. The van der Waals surface area contributed by atoms with Crippen molar-refractivity contribution in [3.63, 3.8) is 0 Å². The van der Waals surface area contributed by atoms with Crippen LogP contribution in [0.2, 0.25) is 0 Å². The Hall–Kier alpha value is -1.87. The third-order valence-corrected chi connectivity index (χ3v) is 3.46. The molecule has 0 saturated heterocycles. The van der Waals surface area contributed by atoms with E-state index in [9.17, 15) is 4.39 Å². The summed E-state index contributed by atoms with van der Waals surface area (Å²) < 4.78 is 18.8. The fourth-order valence-corrected chi connectivity index (χ4v) is 2.34. The molecule has 2 aromatic carbocycles. The molecule has 0 saturated carbocycles. The van der Waals surface area contributed by atoms with Crippen molar-refractivity contribution >= 4 is 0 Å². The molecule has 0 heterocycles. The highest BCUT2D eigenvalue weighted by Crippen LogP contribution is 2.27. The Balaban J connectivity index is 2.18. The summed E-state index contributed by atoms with van der Waals surface area (Å²) >= 11 is 0. The Bertz CT molecular complexity index is 553. The van der Waals surface area contributed by atoms with Gasteiger partial charge < -0.3 is 10.1 Å². The summed E-state index contributed by atoms with van der Waals surface area (Å²) in [4.78, 5) is 0. The zero-order valence-electron chi connectivity index (χ0n) is 12.6. The van der Waals surface area contributed by atoms with Crippen LogP contribution in [-0.2, 0) is 6.42 Å². The van der Waals surface area contributed by atoms with Gasteiger partial charge in [-0.15, -0.1) is 0 Å². The normalized spacial score (nSPS) is 12.1. The summed E-state index contributed by atoms with van der Waals surface area (Å²) in [5.74, 6) is 0.715. The van der Waals surface area contributed by atoms with Crippen molar-refractivity contribution in [2.24, 2.45) is 0 Å². The summed E-state index contributed by atoms with van der Waals surface area (Å²) in [5.41, 5.74) is 2.24. The number of para-hydroxylation sites is 1. The topological polar surface area (TPSA) is 21.3 Å². The van der Waals surface area contributed by atoms with Crippen LogP contribution in [0.25, 0.3) is 0 Å². The second kappa shape index (κ2) is 7.79. The second-order valence-electron chi connectivity index (χ2n) is 5.06. The van der Waals surface area contributed by atoms with E-state index in [0.29, 0.717) is 6.61 Å². The lowest BCUT2D eigenvalue weighted by Gasteiger charge is -2.20. The maximum atomic E-state index is 13.0. The van der Waals surface area contributed by atoms with E-state index in [-0.39, 0.29) is 11.9 Å². The summed E-state index contributed by atoms with van der Waals surface area (Å²) in [6.07, 6.45) is 1.78. The number of hydrogen-bond donors (Lipinski definition) is 1. The number of benzene rings is 2. The SMILES string of the molecule is CCCOc1ccccc1C(Cc1ccc(F)cc1)NC. The standard InChI is InChI=1S/C18H22FNO/c1-3-12-21-18-7-5-4-6-16(18)17(20-2)13-14-8-10-15(19)11-9-14/h4-11,17,20H,3,12-13H2,1-2H3. The molecule has 1 atom stereocenters. The largest absolute Gasteiger partial charge is 0.493 e. The van der Waals surface area contributed by atoms with Crippen LogP contribution in [0.4, 0.5) is 4.39 Å². The molecule has 112 valence electrons. The molecule has 3 heteroatoms. The molecule has 0 aromatic heterocycles. The van der Waals surface area contributed by atoms with Gasteiger partial charge >= 0.3 is 0 Å². The number of halogens is 1. The molecule has 2 rings (SSSR count). The van der Waals surface area contributed by atoms with Crippen LogP contribution < -0.4 is 10.1 Å². The van der Waals surface area contributed by atoms with E-state index in [1.54, 1.807) is 0 Å². The van der Waals surface area contributed by atoms with Gasteiger partial charge in [-0.1, -0.05) is 37.3 Å². The Morgan fingerprint density at radius 3 is 2.48 bits per heavy atom. The molecule has 0 aliphatic rings. The highest BCUT2D eigenvalue weighted by atomic mass is 19.1. The molecule has 1 N–H and O–H groups in total. The van der Waals surface area contributed by atoms with Crippen LogP contribution >= 0.6 is 0 Å². The fraction of sp³-hybridized carbons (Fsp3) is 0.333. The molecular formula is C18H22FNO. The number of ether oxygens (including phenoxy) is 1. The van der Waals surface area contributed by atoms with Crippen LogP contribution in [0.1, 0.15) is 30.5 Å². The number of rotatable bonds is 7. The Morgan fingerprint density at radius 1 is 1.10 bits per heavy atom. The van der Waals surface area contributed by atoms with E-state index < -0.39 is 0 Å². The molecule has 0 aliphatic heterocycles. The fourth-order valence-electron chi connectivity index (χ4n) is 2.34. The highest BCUT2D eigenvalue weighted by molar-refractivity contribution is 5.37. The van der Waals surface area contributed by atoms with Crippen LogP contribution in [0.5, 0.6) is 5.75 Å². The predicted molar refractivity (Wildman–Crippen MR) is 84.1 cm³/mol. The molecule has 0 fully saturated rings. The van der Waals surface area contributed by atoms with E-state index in [2.05, 4.69) is 18.3 Å². The molecule has 0 bridgehead atoms. The third-order valence-electron chi connectivity index (χ3n) is 3.46. The van der Waals surface area contributed by atoms with Crippen LogP contribution in [0.15, 0.2) is 48.5 Å². The molecule has 21 heavy (non-hydrogen) atoms. The molecule has 0 spiro atoms. The first-order valence-electron chi connectivity index (χ1n) is 7.38. The zero-order chi connectivity index (χ0) is 15.1. The number of likely N-dealkylation sites (N-methyl/N-ethyl adjacent to an activating group) is 1. The van der Waals surface area contributed by atoms with Gasteiger partial charge in [0.1, 0.15) is 11.6 Å². The first kappa shape index (κ1) is 15.5. The van der Waals surface area contributed by atoms with Crippen LogP contribution in [0, 0.1) is 5.82 Å². The number of nitrogens with one attached hydrogen (secondary N) is 1. The summed E-state index contributed by atoms with van der Waals surface area (Å²) in [6, 6.07) is 14.9. The third kappa shape index (κ3) is 4.30. The molecule has 1 unspecified atom stereocenters. The van der Waals surface area contributed by atoms with Gasteiger partial charge in [0.2, 0.25) is 0 Å². The van der Waals surface area contributed by atoms with Crippen molar-refractivity contribution in [3.8, 4) is 5.75 Å². The van der Waals surface area contributed by atoms with E-state index in [0.717, 1.165) is 29.7 Å². The average molecular weight is 287 g/mol. The zero-order valence-corrected chi connectivity index (χ0v) is 12.6. The van der Waals surface area contributed by atoms with Crippen LogP contribution in [-0.4, -0.2) is 13.7 Å². The maximum absolute atomic E-state index is 13.0. The van der Waals surface area contributed by atoms with Gasteiger partial charge in [-0.3, -0.25) is 0 Å². The molecule has 0 aliphatic carbocycles. The first-order valence-corrected chi connectivity index (χ1v) is 7.38. The minimum absolute atomic E-state index is 0.142. The summed E-state index contributed by atoms with van der Waals surface area (Å²) in [5, 5.41) is 3.32. The van der Waals surface area contributed by atoms with Gasteiger partial charge in [-0.2, -0.15) is 0 Å². The van der Waals surface area contributed by atoms with E-state index in [1.165, 1.54) is 12.1 Å². The van der Waals surface area contributed by atoms with Crippen molar-refractivity contribution in [2.45, 2.75) is 25.8 Å². The number of hydrogen-bond acceptors (Lipinski definition) is 2. The van der Waals surface area contributed by atoms with Gasteiger partial charge in [0.05, 0.1) is 6.61 Å². The predicted octanol–water partition coefficient (Wildman–Crippen LogP) is 4.12. The Kier molecular flexibility index (Phi) is 5.76. The van der Waals surface area contributed by atoms with Crippen molar-refractivity contribution in [1.29, 1.82) is 0 Å². The van der Waals surface area contributed by atoms with E-state index in [4.69, 9.17) is 4.74 Å². The van der Waals surface area contributed by atoms with E-state index >= 15 is 0 Å². The minimum atomic E-state index is -0.202. The van der Waals surface area contributed by atoms with Gasteiger partial charge in [-0.25, -0.2) is 4.39 Å². The molecular weight excluding hydrogens is 265 g/mol. The quantitative estimate of drug-likeness (QED) is 0.827. The van der Waals surface area contributed by atoms with E-state index in [1.807, 2.05) is 37.4 Å². The van der Waals surface area contributed by atoms with Crippen molar-refractivity contribution in [2.75, 3.05) is 13.7 Å². The molecule has 0 radical (unpaired) electrons. The van der Waals surface area contributed by atoms with Gasteiger partial charge in [-0.05, 0) is 43.7 Å². The summed E-state index contributed by atoms with van der Waals surface area (Å²) in [7, 11) is 1.94. The molecule has 2 aromatic rings. The molecule has 2 nitrogen and oxygen atoms in total. The summed E-state index contributed by atoms with van der Waals surface area (Å²) in [6.45, 7) is 2.81. The monoisotopic (exact) mass is 287 g/mol.